The predicted molar refractivity (Wildman–Crippen MR) is 71.8 cm³/mol. The van der Waals surface area contributed by atoms with Crippen molar-refractivity contribution in [2.75, 3.05) is 19.7 Å². The van der Waals surface area contributed by atoms with E-state index < -0.39 is 12.1 Å². The molecule has 0 radical (unpaired) electrons. The van der Waals surface area contributed by atoms with Crippen LogP contribution in [0.5, 0.6) is 0 Å². The molecule has 2 aromatic rings. The summed E-state index contributed by atoms with van der Waals surface area (Å²) in [7, 11) is 1.77. The predicted octanol–water partition coefficient (Wildman–Crippen LogP) is -0.106. The lowest BCUT2D eigenvalue weighted by atomic mass is 10.1. The standard InChI is InChI=1S/C13H14N4O4/c1-16-10-3-2-8(6-9(10)14-15-16)12(18)17-4-5-21-11(7-17)13(19)20/h2-3,6,11H,4-5,7H2,1H3,(H,19,20)/t11-/m1/s1. The molecule has 0 spiro atoms. The van der Waals surface area contributed by atoms with Gasteiger partial charge in [-0.3, -0.25) is 4.79 Å². The monoisotopic (exact) mass is 290 g/mol. The van der Waals surface area contributed by atoms with Crippen LogP contribution in [-0.4, -0.2) is 62.7 Å². The van der Waals surface area contributed by atoms with Crippen LogP contribution >= 0.6 is 0 Å². The summed E-state index contributed by atoms with van der Waals surface area (Å²) in [4.78, 5) is 24.9. The van der Waals surface area contributed by atoms with Gasteiger partial charge in [-0.15, -0.1) is 5.10 Å². The number of fused-ring (bicyclic) bond motifs is 1. The van der Waals surface area contributed by atoms with E-state index in [0.717, 1.165) is 5.52 Å². The molecule has 1 atom stereocenters. The highest BCUT2D eigenvalue weighted by atomic mass is 16.5. The molecule has 8 heteroatoms. The topological polar surface area (TPSA) is 97.5 Å². The number of carbonyl (C=O) groups is 2. The molecule has 1 saturated heterocycles. The van der Waals surface area contributed by atoms with Gasteiger partial charge in [0, 0.05) is 19.2 Å². The zero-order chi connectivity index (χ0) is 15.0. The number of morpholine rings is 1. The summed E-state index contributed by atoms with van der Waals surface area (Å²) in [6.07, 6.45) is -0.969. The van der Waals surface area contributed by atoms with Crippen LogP contribution < -0.4 is 0 Å². The van der Waals surface area contributed by atoms with Crippen molar-refractivity contribution in [1.29, 1.82) is 0 Å². The molecule has 8 nitrogen and oxygen atoms in total. The molecule has 3 rings (SSSR count). The summed E-state index contributed by atoms with van der Waals surface area (Å²) in [5.74, 6) is -1.28. The second-order valence-corrected chi connectivity index (χ2v) is 4.87. The van der Waals surface area contributed by atoms with E-state index in [1.165, 1.54) is 4.90 Å². The molecule has 2 heterocycles. The van der Waals surface area contributed by atoms with Crippen molar-refractivity contribution in [1.82, 2.24) is 19.9 Å². The molecule has 1 N–H and O–H groups in total. The summed E-state index contributed by atoms with van der Waals surface area (Å²) in [6.45, 7) is 0.643. The zero-order valence-electron chi connectivity index (χ0n) is 11.4. The van der Waals surface area contributed by atoms with Crippen LogP contribution in [0.3, 0.4) is 0 Å². The van der Waals surface area contributed by atoms with Crippen molar-refractivity contribution in [3.8, 4) is 0 Å². The fraction of sp³-hybridized carbons (Fsp3) is 0.385. The van der Waals surface area contributed by atoms with Gasteiger partial charge in [-0.05, 0) is 18.2 Å². The van der Waals surface area contributed by atoms with Gasteiger partial charge in [0.15, 0.2) is 6.10 Å². The second kappa shape index (κ2) is 5.13. The van der Waals surface area contributed by atoms with Crippen molar-refractivity contribution in [2.45, 2.75) is 6.10 Å². The minimum atomic E-state index is -1.06. The Labute approximate surface area is 119 Å². The molecule has 1 fully saturated rings. The van der Waals surface area contributed by atoms with Crippen molar-refractivity contribution >= 4 is 22.9 Å². The first-order valence-electron chi connectivity index (χ1n) is 6.49. The quantitative estimate of drug-likeness (QED) is 0.829. The van der Waals surface area contributed by atoms with Crippen LogP contribution in [0.2, 0.25) is 0 Å². The normalized spacial score (nSPS) is 18.9. The lowest BCUT2D eigenvalue weighted by Crippen LogP contribution is -2.48. The number of aromatic nitrogens is 3. The zero-order valence-corrected chi connectivity index (χ0v) is 11.4. The number of aryl methyl sites for hydroxylation is 1. The summed E-state index contributed by atoms with van der Waals surface area (Å²) in [5.41, 5.74) is 1.93. The molecule has 1 aromatic heterocycles. The van der Waals surface area contributed by atoms with E-state index in [0.29, 0.717) is 17.6 Å². The number of carboxylic acid groups (broad SMARTS) is 1. The number of amides is 1. The largest absolute Gasteiger partial charge is 0.479 e. The lowest BCUT2D eigenvalue weighted by Gasteiger charge is -2.30. The minimum Gasteiger partial charge on any atom is -0.479 e. The van der Waals surface area contributed by atoms with Gasteiger partial charge in [-0.25, -0.2) is 9.48 Å². The first-order chi connectivity index (χ1) is 10.1. The molecule has 21 heavy (non-hydrogen) atoms. The minimum absolute atomic E-state index is 0.0483. The first-order valence-corrected chi connectivity index (χ1v) is 6.49. The molecule has 1 aliphatic rings. The van der Waals surface area contributed by atoms with Crippen LogP contribution in [0, 0.1) is 0 Å². The van der Waals surface area contributed by atoms with Crippen LogP contribution in [0.15, 0.2) is 18.2 Å². The summed E-state index contributed by atoms with van der Waals surface area (Å²) >= 11 is 0. The highest BCUT2D eigenvalue weighted by Crippen LogP contribution is 2.16. The molecule has 0 aliphatic carbocycles. The van der Waals surface area contributed by atoms with Crippen LogP contribution in [0.25, 0.3) is 11.0 Å². The maximum absolute atomic E-state index is 12.4. The number of benzene rings is 1. The van der Waals surface area contributed by atoms with Crippen LogP contribution in [0.1, 0.15) is 10.4 Å². The van der Waals surface area contributed by atoms with Crippen molar-refractivity contribution in [3.05, 3.63) is 23.8 Å². The Morgan fingerprint density at radius 1 is 1.43 bits per heavy atom. The van der Waals surface area contributed by atoms with E-state index in [4.69, 9.17) is 9.84 Å². The van der Waals surface area contributed by atoms with Crippen LogP contribution in [-0.2, 0) is 16.6 Å². The average molecular weight is 290 g/mol. The second-order valence-electron chi connectivity index (χ2n) is 4.87. The summed E-state index contributed by atoms with van der Waals surface area (Å²) in [6, 6.07) is 5.13. The number of carbonyl (C=O) groups excluding carboxylic acids is 1. The molecule has 0 bridgehead atoms. The Hall–Kier alpha value is -2.48. The van der Waals surface area contributed by atoms with Gasteiger partial charge in [0.25, 0.3) is 5.91 Å². The number of ether oxygens (including phenoxy) is 1. The molecule has 1 amide bonds. The van der Waals surface area contributed by atoms with Gasteiger partial charge >= 0.3 is 5.97 Å². The van der Waals surface area contributed by atoms with Crippen LogP contribution in [0.4, 0.5) is 0 Å². The van der Waals surface area contributed by atoms with Gasteiger partial charge in [0.2, 0.25) is 0 Å². The molecular formula is C13H14N4O4. The summed E-state index contributed by atoms with van der Waals surface area (Å²) < 4.78 is 6.73. The number of hydrogen-bond acceptors (Lipinski definition) is 5. The molecule has 0 unspecified atom stereocenters. The van der Waals surface area contributed by atoms with E-state index in [9.17, 15) is 9.59 Å². The van der Waals surface area contributed by atoms with E-state index >= 15 is 0 Å². The molecule has 0 saturated carbocycles. The first kappa shape index (κ1) is 13.5. The molecule has 1 aromatic carbocycles. The number of rotatable bonds is 2. The van der Waals surface area contributed by atoms with E-state index in [1.54, 1.807) is 29.9 Å². The number of hydrogen-bond donors (Lipinski definition) is 1. The Morgan fingerprint density at radius 3 is 3.00 bits per heavy atom. The van der Waals surface area contributed by atoms with Crippen molar-refractivity contribution < 1.29 is 19.4 Å². The Morgan fingerprint density at radius 2 is 2.24 bits per heavy atom. The Balaban J connectivity index is 1.84. The highest BCUT2D eigenvalue weighted by molar-refractivity contribution is 5.97. The Kier molecular flexibility index (Phi) is 3.30. The molecular weight excluding hydrogens is 276 g/mol. The van der Waals surface area contributed by atoms with Gasteiger partial charge in [-0.2, -0.15) is 0 Å². The molecule has 1 aliphatic heterocycles. The van der Waals surface area contributed by atoms with Crippen molar-refractivity contribution in [3.63, 3.8) is 0 Å². The maximum Gasteiger partial charge on any atom is 0.334 e. The van der Waals surface area contributed by atoms with Crippen molar-refractivity contribution in [2.24, 2.45) is 7.05 Å². The fourth-order valence-electron chi connectivity index (χ4n) is 2.34. The van der Waals surface area contributed by atoms with Gasteiger partial charge in [-0.1, -0.05) is 5.21 Å². The SMILES string of the molecule is Cn1nnc2cc(C(=O)N3CCO[C@@H](C(=O)O)C3)ccc21. The Bertz CT molecular complexity index is 711. The number of nitrogens with zero attached hydrogens (tertiary/aromatic N) is 4. The van der Waals surface area contributed by atoms with Gasteiger partial charge in [0.1, 0.15) is 5.52 Å². The number of carboxylic acids is 1. The number of aliphatic carboxylic acids is 1. The smallest absolute Gasteiger partial charge is 0.334 e. The third kappa shape index (κ3) is 2.45. The highest BCUT2D eigenvalue weighted by Gasteiger charge is 2.29. The van der Waals surface area contributed by atoms with E-state index in [1.807, 2.05) is 0 Å². The fourth-order valence-corrected chi connectivity index (χ4v) is 2.34. The average Bonchev–Trinajstić information content (AvgIpc) is 2.87. The lowest BCUT2D eigenvalue weighted by molar-refractivity contribution is -0.154. The van der Waals surface area contributed by atoms with E-state index in [-0.39, 0.29) is 19.1 Å². The van der Waals surface area contributed by atoms with E-state index in [2.05, 4.69) is 10.3 Å². The maximum atomic E-state index is 12.4. The van der Waals surface area contributed by atoms with Gasteiger partial charge in [0.05, 0.1) is 18.7 Å². The summed E-state index contributed by atoms with van der Waals surface area (Å²) in [5, 5.41) is 16.8. The van der Waals surface area contributed by atoms with Gasteiger partial charge < -0.3 is 14.7 Å². The third-order valence-corrected chi connectivity index (χ3v) is 3.49. The molecule has 110 valence electrons. The third-order valence-electron chi connectivity index (χ3n) is 3.49.